The maximum atomic E-state index is 11.1. The number of carboxylic acid groups (broad SMARTS) is 1. The topological polar surface area (TPSA) is 63.6 Å². The van der Waals surface area contributed by atoms with E-state index in [4.69, 9.17) is 9.63 Å². The SMILES string of the molecule is CC(OP(C)(C)=O)[C@@H](C)C(=O)O. The Morgan fingerprint density at radius 1 is 1.42 bits per heavy atom. The number of carboxylic acids is 1. The Kier molecular flexibility index (Phi) is 3.94. The largest absolute Gasteiger partial charge is 0.481 e. The van der Waals surface area contributed by atoms with Gasteiger partial charge >= 0.3 is 5.97 Å². The van der Waals surface area contributed by atoms with E-state index in [0.717, 1.165) is 0 Å². The molecule has 1 unspecified atom stereocenters. The van der Waals surface area contributed by atoms with Gasteiger partial charge in [-0.25, -0.2) is 0 Å². The second-order valence-corrected chi connectivity index (χ2v) is 5.90. The van der Waals surface area contributed by atoms with Gasteiger partial charge in [0.25, 0.3) is 0 Å². The molecule has 0 saturated heterocycles. The standard InChI is InChI=1S/C7H15O4P/c1-5(7(8)9)6(2)11-12(3,4)10/h5-6H,1-4H3,(H,8,9)/t5-,6?/m1/s1. The molecule has 0 saturated carbocycles. The van der Waals surface area contributed by atoms with Crippen LogP contribution in [0, 0.1) is 5.92 Å². The fourth-order valence-corrected chi connectivity index (χ4v) is 1.68. The zero-order chi connectivity index (χ0) is 9.94. The lowest BCUT2D eigenvalue weighted by atomic mass is 10.1. The van der Waals surface area contributed by atoms with Crippen LogP contribution in [-0.2, 0) is 13.9 Å². The van der Waals surface area contributed by atoms with Gasteiger partial charge in [0.2, 0.25) is 0 Å². The minimum Gasteiger partial charge on any atom is -0.481 e. The highest BCUT2D eigenvalue weighted by Gasteiger charge is 2.23. The molecule has 0 heterocycles. The molecular weight excluding hydrogens is 179 g/mol. The van der Waals surface area contributed by atoms with Gasteiger partial charge < -0.3 is 9.63 Å². The second-order valence-electron chi connectivity index (χ2n) is 3.19. The van der Waals surface area contributed by atoms with Crippen LogP contribution in [0.2, 0.25) is 0 Å². The van der Waals surface area contributed by atoms with Gasteiger partial charge in [0.05, 0.1) is 12.0 Å². The van der Waals surface area contributed by atoms with E-state index in [9.17, 15) is 9.36 Å². The first kappa shape index (κ1) is 11.7. The predicted molar refractivity (Wildman–Crippen MR) is 46.8 cm³/mol. The molecule has 0 spiro atoms. The Labute approximate surface area is 72.4 Å². The quantitative estimate of drug-likeness (QED) is 0.691. The van der Waals surface area contributed by atoms with Gasteiger partial charge in [0.1, 0.15) is 0 Å². The normalized spacial score (nSPS) is 17.0. The van der Waals surface area contributed by atoms with Crippen LogP contribution in [0.15, 0.2) is 0 Å². The van der Waals surface area contributed by atoms with Gasteiger partial charge in [-0.1, -0.05) is 0 Å². The van der Waals surface area contributed by atoms with E-state index in [2.05, 4.69) is 0 Å². The van der Waals surface area contributed by atoms with Crippen LogP contribution in [-0.4, -0.2) is 30.5 Å². The number of carbonyl (C=O) groups is 1. The first-order valence-corrected chi connectivity index (χ1v) is 6.22. The molecule has 0 radical (unpaired) electrons. The molecule has 5 heteroatoms. The van der Waals surface area contributed by atoms with Crippen molar-refractivity contribution in [3.05, 3.63) is 0 Å². The number of hydrogen-bond acceptors (Lipinski definition) is 3. The van der Waals surface area contributed by atoms with Crippen molar-refractivity contribution in [2.24, 2.45) is 5.92 Å². The van der Waals surface area contributed by atoms with Crippen molar-refractivity contribution in [3.8, 4) is 0 Å². The van der Waals surface area contributed by atoms with Crippen LogP contribution in [0.5, 0.6) is 0 Å². The van der Waals surface area contributed by atoms with Crippen LogP contribution >= 0.6 is 7.37 Å². The van der Waals surface area contributed by atoms with E-state index in [0.29, 0.717) is 0 Å². The van der Waals surface area contributed by atoms with E-state index in [1.807, 2.05) is 0 Å². The molecule has 12 heavy (non-hydrogen) atoms. The van der Waals surface area contributed by atoms with Crippen molar-refractivity contribution in [3.63, 3.8) is 0 Å². The van der Waals surface area contributed by atoms with Crippen molar-refractivity contribution in [2.75, 3.05) is 13.3 Å². The summed E-state index contributed by atoms with van der Waals surface area (Å²) in [6.45, 7) is 6.08. The predicted octanol–water partition coefficient (Wildman–Crippen LogP) is 1.65. The molecule has 0 aliphatic heterocycles. The summed E-state index contributed by atoms with van der Waals surface area (Å²) in [7, 11) is -2.58. The maximum Gasteiger partial charge on any atom is 0.308 e. The first-order chi connectivity index (χ1) is 5.24. The van der Waals surface area contributed by atoms with Gasteiger partial charge in [-0.2, -0.15) is 0 Å². The molecule has 72 valence electrons. The number of hydrogen-bond donors (Lipinski definition) is 1. The molecule has 0 bridgehead atoms. The Morgan fingerprint density at radius 3 is 2.08 bits per heavy atom. The monoisotopic (exact) mass is 194 g/mol. The molecule has 2 atom stereocenters. The number of rotatable bonds is 4. The molecule has 4 nitrogen and oxygen atoms in total. The highest BCUT2D eigenvalue weighted by molar-refractivity contribution is 7.57. The Balaban J connectivity index is 4.13. The van der Waals surface area contributed by atoms with E-state index in [-0.39, 0.29) is 0 Å². The fraction of sp³-hybridized carbons (Fsp3) is 0.857. The van der Waals surface area contributed by atoms with Crippen molar-refractivity contribution >= 4 is 13.3 Å². The lowest BCUT2D eigenvalue weighted by molar-refractivity contribution is -0.143. The highest BCUT2D eigenvalue weighted by atomic mass is 31.2. The van der Waals surface area contributed by atoms with E-state index in [1.54, 1.807) is 6.92 Å². The molecule has 0 aromatic carbocycles. The van der Waals surface area contributed by atoms with Gasteiger partial charge in [-0.05, 0) is 13.8 Å². The Morgan fingerprint density at radius 2 is 1.83 bits per heavy atom. The van der Waals surface area contributed by atoms with Crippen molar-refractivity contribution < 1.29 is 19.0 Å². The molecule has 0 aliphatic carbocycles. The average Bonchev–Trinajstić information content (AvgIpc) is 1.82. The Bertz CT molecular complexity index is 207. The average molecular weight is 194 g/mol. The van der Waals surface area contributed by atoms with Gasteiger partial charge in [0, 0.05) is 13.3 Å². The zero-order valence-electron chi connectivity index (χ0n) is 7.77. The summed E-state index contributed by atoms with van der Waals surface area (Å²) in [6, 6.07) is 0. The fourth-order valence-electron chi connectivity index (χ4n) is 0.692. The Hall–Kier alpha value is -0.340. The summed E-state index contributed by atoms with van der Waals surface area (Å²) in [5.74, 6) is -1.56. The van der Waals surface area contributed by atoms with Crippen LogP contribution in [0.4, 0.5) is 0 Å². The van der Waals surface area contributed by atoms with E-state index < -0.39 is 25.4 Å². The van der Waals surface area contributed by atoms with Gasteiger partial charge in [-0.3, -0.25) is 9.36 Å². The third-order valence-corrected chi connectivity index (χ3v) is 2.35. The first-order valence-electron chi connectivity index (χ1n) is 3.70. The minimum atomic E-state index is -2.58. The molecular formula is C7H15O4P. The van der Waals surface area contributed by atoms with Crippen LogP contribution in [0.3, 0.4) is 0 Å². The lowest BCUT2D eigenvalue weighted by Crippen LogP contribution is -2.24. The zero-order valence-corrected chi connectivity index (χ0v) is 8.67. The molecule has 0 rings (SSSR count). The molecule has 0 fully saturated rings. The van der Waals surface area contributed by atoms with Crippen LogP contribution in [0.1, 0.15) is 13.8 Å². The summed E-state index contributed by atoms with van der Waals surface area (Å²) in [5.41, 5.74) is 0. The van der Waals surface area contributed by atoms with Crippen LogP contribution < -0.4 is 0 Å². The summed E-state index contributed by atoms with van der Waals surface area (Å²) in [4.78, 5) is 10.5. The summed E-state index contributed by atoms with van der Waals surface area (Å²) in [6.07, 6.45) is -0.511. The van der Waals surface area contributed by atoms with E-state index >= 15 is 0 Å². The summed E-state index contributed by atoms with van der Waals surface area (Å²) < 4.78 is 16.2. The third kappa shape index (κ3) is 4.52. The molecule has 1 N–H and O–H groups in total. The number of aliphatic carboxylic acids is 1. The van der Waals surface area contributed by atoms with Crippen molar-refractivity contribution in [1.82, 2.24) is 0 Å². The molecule has 0 aliphatic rings. The summed E-state index contributed by atoms with van der Waals surface area (Å²) >= 11 is 0. The minimum absolute atomic E-state index is 0.511. The highest BCUT2D eigenvalue weighted by Crippen LogP contribution is 2.40. The third-order valence-electron chi connectivity index (χ3n) is 1.51. The van der Waals surface area contributed by atoms with Crippen LogP contribution in [0.25, 0.3) is 0 Å². The van der Waals surface area contributed by atoms with Gasteiger partial charge in [0.15, 0.2) is 7.37 Å². The molecule has 0 aromatic heterocycles. The molecule has 0 amide bonds. The van der Waals surface area contributed by atoms with E-state index in [1.165, 1.54) is 20.3 Å². The smallest absolute Gasteiger partial charge is 0.308 e. The maximum absolute atomic E-state index is 11.1. The molecule has 0 aromatic rings. The summed E-state index contributed by atoms with van der Waals surface area (Å²) in [5, 5.41) is 8.58. The lowest BCUT2D eigenvalue weighted by Gasteiger charge is -2.19. The second kappa shape index (κ2) is 4.06. The van der Waals surface area contributed by atoms with Crippen molar-refractivity contribution in [2.45, 2.75) is 20.0 Å². The van der Waals surface area contributed by atoms with Crippen molar-refractivity contribution in [1.29, 1.82) is 0 Å². The van der Waals surface area contributed by atoms with Gasteiger partial charge in [-0.15, -0.1) is 0 Å².